The van der Waals surface area contributed by atoms with Gasteiger partial charge in [0, 0.05) is 23.0 Å². The number of hydrogen-bond acceptors (Lipinski definition) is 4. The molecule has 1 saturated heterocycles. The molecule has 0 atom stereocenters. The molecule has 1 aliphatic rings. The second-order valence-corrected chi connectivity index (χ2v) is 8.97. The lowest BCUT2D eigenvalue weighted by atomic mass is 10.1. The number of nitrogens with zero attached hydrogens (tertiary/aromatic N) is 2. The van der Waals surface area contributed by atoms with Crippen molar-refractivity contribution in [2.45, 2.75) is 6.92 Å². The van der Waals surface area contributed by atoms with Crippen LogP contribution in [-0.4, -0.2) is 21.5 Å². The number of anilines is 1. The van der Waals surface area contributed by atoms with Gasteiger partial charge in [-0.2, -0.15) is 0 Å². The van der Waals surface area contributed by atoms with Gasteiger partial charge in [0.25, 0.3) is 11.8 Å². The van der Waals surface area contributed by atoms with Crippen molar-refractivity contribution in [3.05, 3.63) is 94.5 Å². The molecule has 3 aromatic carbocycles. The Morgan fingerprint density at radius 1 is 1.00 bits per heavy atom. The molecule has 2 heterocycles. The van der Waals surface area contributed by atoms with Crippen molar-refractivity contribution in [1.82, 2.24) is 9.88 Å². The lowest BCUT2D eigenvalue weighted by Gasteiger charge is -2.29. The summed E-state index contributed by atoms with van der Waals surface area (Å²) in [4.78, 5) is 27.7. The van der Waals surface area contributed by atoms with Crippen molar-refractivity contribution in [3.63, 3.8) is 0 Å². The molecule has 1 N–H and O–H groups in total. The van der Waals surface area contributed by atoms with Gasteiger partial charge in [0.15, 0.2) is 5.11 Å². The first-order valence-corrected chi connectivity index (χ1v) is 11.6. The third-order valence-electron chi connectivity index (χ3n) is 5.77. The number of nitrogens with one attached hydrogen (secondary N) is 1. The first-order valence-electron chi connectivity index (χ1n) is 10.8. The number of para-hydroxylation sites is 1. The molecule has 4 aromatic rings. The summed E-state index contributed by atoms with van der Waals surface area (Å²) in [6.07, 6.45) is 1.57. The van der Waals surface area contributed by atoms with E-state index in [1.165, 1.54) is 4.90 Å². The summed E-state index contributed by atoms with van der Waals surface area (Å²) in [5.41, 5.74) is 3.02. The molecule has 5 rings (SSSR count). The molecule has 2 amide bonds. The first-order chi connectivity index (χ1) is 16.8. The van der Waals surface area contributed by atoms with Crippen LogP contribution in [0.2, 0.25) is 5.02 Å². The van der Waals surface area contributed by atoms with Crippen LogP contribution in [0.1, 0.15) is 11.1 Å². The maximum atomic E-state index is 13.5. The molecular weight excluding hydrogens is 482 g/mol. The van der Waals surface area contributed by atoms with Crippen LogP contribution in [0.15, 0.2) is 78.4 Å². The van der Waals surface area contributed by atoms with Gasteiger partial charge >= 0.3 is 0 Å². The van der Waals surface area contributed by atoms with E-state index in [4.69, 9.17) is 28.6 Å². The Hall–Kier alpha value is -3.94. The molecule has 174 valence electrons. The molecule has 0 unspecified atom stereocenters. The van der Waals surface area contributed by atoms with E-state index < -0.39 is 11.8 Å². The second kappa shape index (κ2) is 9.02. The Kier molecular flexibility index (Phi) is 5.88. The predicted octanol–water partition coefficient (Wildman–Crippen LogP) is 5.76. The molecule has 0 saturated carbocycles. The minimum atomic E-state index is -0.570. The highest BCUT2D eigenvalue weighted by Gasteiger charge is 2.35. The summed E-state index contributed by atoms with van der Waals surface area (Å²) in [6, 6.07) is 22.1. The average molecular weight is 502 g/mol. The van der Waals surface area contributed by atoms with E-state index in [9.17, 15) is 9.59 Å². The number of halogens is 1. The van der Waals surface area contributed by atoms with Crippen molar-refractivity contribution in [2.24, 2.45) is 7.05 Å². The summed E-state index contributed by atoms with van der Waals surface area (Å²) >= 11 is 11.3. The summed E-state index contributed by atoms with van der Waals surface area (Å²) in [5.74, 6) is 0.0604. The Morgan fingerprint density at radius 3 is 2.49 bits per heavy atom. The van der Waals surface area contributed by atoms with E-state index >= 15 is 0 Å². The highest BCUT2D eigenvalue weighted by atomic mass is 35.5. The van der Waals surface area contributed by atoms with Crippen LogP contribution in [0.25, 0.3) is 17.0 Å². The topological polar surface area (TPSA) is 63.6 Å². The fourth-order valence-corrected chi connectivity index (χ4v) is 4.49. The number of carbonyl (C=O) groups excluding carboxylic acids is 2. The summed E-state index contributed by atoms with van der Waals surface area (Å²) in [5, 5.41) is 4.00. The summed E-state index contributed by atoms with van der Waals surface area (Å²) < 4.78 is 8.18. The lowest BCUT2D eigenvalue weighted by molar-refractivity contribution is -0.122. The van der Waals surface area contributed by atoms with E-state index in [1.54, 1.807) is 30.3 Å². The molecule has 1 fully saturated rings. The predicted molar refractivity (Wildman–Crippen MR) is 142 cm³/mol. The number of carbonyl (C=O) groups is 2. The lowest BCUT2D eigenvalue weighted by Crippen LogP contribution is -2.54. The van der Waals surface area contributed by atoms with Crippen LogP contribution < -0.4 is 15.0 Å². The molecule has 1 aromatic heterocycles. The minimum absolute atomic E-state index is 0.00799. The second-order valence-electron chi connectivity index (χ2n) is 8.15. The number of fused-ring (bicyclic) bond motifs is 1. The van der Waals surface area contributed by atoms with Gasteiger partial charge in [-0.15, -0.1) is 0 Å². The van der Waals surface area contributed by atoms with Gasteiger partial charge in [0.1, 0.15) is 11.3 Å². The van der Waals surface area contributed by atoms with Gasteiger partial charge < -0.3 is 9.30 Å². The van der Waals surface area contributed by atoms with Crippen LogP contribution in [0.3, 0.4) is 0 Å². The Morgan fingerprint density at radius 2 is 1.74 bits per heavy atom. The molecule has 35 heavy (non-hydrogen) atoms. The van der Waals surface area contributed by atoms with Crippen LogP contribution in [0.4, 0.5) is 5.69 Å². The highest BCUT2D eigenvalue weighted by molar-refractivity contribution is 7.80. The molecular formula is C27H20ClN3O3S. The molecule has 1 aliphatic heterocycles. The van der Waals surface area contributed by atoms with Crippen molar-refractivity contribution >= 4 is 63.4 Å². The monoisotopic (exact) mass is 501 g/mol. The fourth-order valence-electron chi connectivity index (χ4n) is 4.08. The van der Waals surface area contributed by atoms with Gasteiger partial charge in [-0.25, -0.2) is 0 Å². The number of aryl methyl sites for hydroxylation is 2. The molecule has 0 spiro atoms. The first kappa shape index (κ1) is 22.8. The van der Waals surface area contributed by atoms with Crippen molar-refractivity contribution in [2.75, 3.05) is 4.90 Å². The number of hydrogen-bond donors (Lipinski definition) is 1. The van der Waals surface area contributed by atoms with E-state index in [2.05, 4.69) is 5.32 Å². The van der Waals surface area contributed by atoms with Crippen LogP contribution in [-0.2, 0) is 16.6 Å². The third-order valence-corrected chi connectivity index (χ3v) is 6.31. The zero-order valence-electron chi connectivity index (χ0n) is 18.9. The van der Waals surface area contributed by atoms with Gasteiger partial charge in [-0.05, 0) is 73.2 Å². The molecule has 0 aliphatic carbocycles. The molecule has 0 bridgehead atoms. The number of benzene rings is 3. The van der Waals surface area contributed by atoms with E-state index in [0.29, 0.717) is 27.9 Å². The number of ether oxygens (including phenoxy) is 1. The Bertz CT molecular complexity index is 1540. The van der Waals surface area contributed by atoms with Gasteiger partial charge in [-0.1, -0.05) is 41.9 Å². The van der Waals surface area contributed by atoms with Crippen LogP contribution in [0.5, 0.6) is 11.6 Å². The van der Waals surface area contributed by atoms with Gasteiger partial charge in [0.05, 0.1) is 11.2 Å². The average Bonchev–Trinajstić information content (AvgIpc) is 3.09. The van der Waals surface area contributed by atoms with Gasteiger partial charge in [-0.3, -0.25) is 19.8 Å². The van der Waals surface area contributed by atoms with Crippen molar-refractivity contribution in [3.8, 4) is 11.6 Å². The standard InChI is InChI=1S/C27H20ClN3O3S/c1-16-6-5-7-19(14-16)34-26-21(20-8-3-4-9-23(20)30(26)2)15-22-24(32)29-27(35)31(25(22)33)18-12-10-17(28)11-13-18/h3-15H,1-2H3,(H,29,32,35)/b22-15+. The SMILES string of the molecule is Cc1cccc(Oc2c(/C=C3\C(=O)NC(=S)N(c4ccc(Cl)cc4)C3=O)c3ccccc3n2C)c1. The number of thiocarbonyl (C=S) groups is 1. The van der Waals surface area contributed by atoms with Gasteiger partial charge in [0.2, 0.25) is 5.88 Å². The zero-order valence-corrected chi connectivity index (χ0v) is 20.5. The Balaban J connectivity index is 1.65. The van der Waals surface area contributed by atoms with E-state index in [-0.39, 0.29) is 10.7 Å². The molecule has 0 radical (unpaired) electrons. The molecule has 6 nitrogen and oxygen atoms in total. The third kappa shape index (κ3) is 4.20. The minimum Gasteiger partial charge on any atom is -0.440 e. The van der Waals surface area contributed by atoms with Crippen LogP contribution >= 0.6 is 23.8 Å². The summed E-state index contributed by atoms with van der Waals surface area (Å²) in [7, 11) is 1.88. The normalized spacial score (nSPS) is 15.1. The summed E-state index contributed by atoms with van der Waals surface area (Å²) in [6.45, 7) is 1.98. The zero-order chi connectivity index (χ0) is 24.7. The number of amides is 2. The van der Waals surface area contributed by atoms with Crippen molar-refractivity contribution < 1.29 is 14.3 Å². The fraction of sp³-hybridized carbons (Fsp3) is 0.0741. The quantitative estimate of drug-likeness (QED) is 0.219. The maximum Gasteiger partial charge on any atom is 0.270 e. The molecule has 8 heteroatoms. The Labute approximate surface area is 212 Å². The highest BCUT2D eigenvalue weighted by Crippen LogP contribution is 2.37. The number of aromatic nitrogens is 1. The van der Waals surface area contributed by atoms with Crippen LogP contribution in [0, 0.1) is 6.92 Å². The van der Waals surface area contributed by atoms with E-state index in [1.807, 2.05) is 67.1 Å². The number of rotatable bonds is 4. The van der Waals surface area contributed by atoms with E-state index in [0.717, 1.165) is 16.5 Å². The largest absolute Gasteiger partial charge is 0.440 e. The van der Waals surface area contributed by atoms with Crippen molar-refractivity contribution in [1.29, 1.82) is 0 Å². The maximum absolute atomic E-state index is 13.5. The smallest absolute Gasteiger partial charge is 0.270 e.